The van der Waals surface area contributed by atoms with Crippen molar-refractivity contribution in [2.24, 2.45) is 0 Å². The Morgan fingerprint density at radius 3 is 2.87 bits per heavy atom. The average Bonchev–Trinajstić information content (AvgIpc) is 2.17. The first-order valence-corrected chi connectivity index (χ1v) is 4.35. The van der Waals surface area contributed by atoms with Crippen molar-refractivity contribution in [1.29, 1.82) is 5.26 Å². The topological polar surface area (TPSA) is 56.6 Å². The number of pyridine rings is 1. The van der Waals surface area contributed by atoms with Gasteiger partial charge in [0.25, 0.3) is 5.56 Å². The molecule has 1 aromatic carbocycles. The predicted molar refractivity (Wildman–Crippen MR) is 54.0 cm³/mol. The molecule has 2 rings (SSSR count). The van der Waals surface area contributed by atoms with Crippen LogP contribution in [0, 0.1) is 24.1 Å². The van der Waals surface area contributed by atoms with Crippen LogP contribution in [0.2, 0.25) is 0 Å². The third-order valence-electron chi connectivity index (χ3n) is 2.35. The number of H-pyrrole nitrogens is 1. The van der Waals surface area contributed by atoms with Crippen molar-refractivity contribution in [3.05, 3.63) is 45.5 Å². The summed E-state index contributed by atoms with van der Waals surface area (Å²) >= 11 is 0. The molecule has 0 amide bonds. The summed E-state index contributed by atoms with van der Waals surface area (Å²) in [5.41, 5.74) is 0.593. The maximum absolute atomic E-state index is 12.9. The van der Waals surface area contributed by atoms with Gasteiger partial charge in [0.1, 0.15) is 17.4 Å². The van der Waals surface area contributed by atoms with Crippen LogP contribution in [-0.4, -0.2) is 4.98 Å². The number of nitrogens with zero attached hydrogens (tertiary/aromatic N) is 1. The highest BCUT2D eigenvalue weighted by molar-refractivity contribution is 5.83. The summed E-state index contributed by atoms with van der Waals surface area (Å²) in [5, 5.41) is 9.46. The molecule has 0 fully saturated rings. The van der Waals surface area contributed by atoms with E-state index in [9.17, 15) is 9.18 Å². The molecule has 0 unspecified atom stereocenters. The molecule has 0 radical (unpaired) electrons. The minimum atomic E-state index is -0.479. The summed E-state index contributed by atoms with van der Waals surface area (Å²) in [7, 11) is 0. The lowest BCUT2D eigenvalue weighted by Crippen LogP contribution is -2.12. The Bertz CT molecular complexity index is 637. The van der Waals surface area contributed by atoms with Crippen LogP contribution < -0.4 is 5.56 Å². The number of benzene rings is 1. The minimum Gasteiger partial charge on any atom is -0.321 e. The van der Waals surface area contributed by atoms with Gasteiger partial charge in [0.15, 0.2) is 0 Å². The number of aromatic amines is 1. The quantitative estimate of drug-likeness (QED) is 0.708. The molecule has 0 aliphatic rings. The largest absolute Gasteiger partial charge is 0.321 e. The lowest BCUT2D eigenvalue weighted by atomic mass is 10.1. The summed E-state index contributed by atoms with van der Waals surface area (Å²) in [6.45, 7) is 1.67. The van der Waals surface area contributed by atoms with Crippen LogP contribution in [0.15, 0.2) is 23.0 Å². The highest BCUT2D eigenvalue weighted by atomic mass is 19.1. The van der Waals surface area contributed by atoms with E-state index in [1.54, 1.807) is 13.0 Å². The molecule has 1 aromatic heterocycles. The summed E-state index contributed by atoms with van der Waals surface area (Å²) in [5.74, 6) is -0.415. The van der Waals surface area contributed by atoms with Gasteiger partial charge < -0.3 is 4.98 Å². The van der Waals surface area contributed by atoms with Crippen LogP contribution in [0.5, 0.6) is 0 Å². The molecule has 0 aliphatic heterocycles. The molecule has 2 aromatic rings. The summed E-state index contributed by atoms with van der Waals surface area (Å²) in [6, 6.07) is 5.93. The molecule has 0 aliphatic carbocycles. The number of fused-ring (bicyclic) bond motifs is 1. The molecule has 74 valence electrons. The zero-order valence-electron chi connectivity index (χ0n) is 7.97. The van der Waals surface area contributed by atoms with E-state index in [1.165, 1.54) is 12.1 Å². The van der Waals surface area contributed by atoms with Crippen molar-refractivity contribution in [3.63, 3.8) is 0 Å². The number of rotatable bonds is 0. The summed E-state index contributed by atoms with van der Waals surface area (Å²) in [6.07, 6.45) is 0. The van der Waals surface area contributed by atoms with Gasteiger partial charge in [-0.3, -0.25) is 4.79 Å². The van der Waals surface area contributed by atoms with E-state index < -0.39 is 11.4 Å². The number of nitrogens with one attached hydrogen (secondary N) is 1. The zero-order valence-corrected chi connectivity index (χ0v) is 7.97. The molecular formula is C11H7FN2O. The summed E-state index contributed by atoms with van der Waals surface area (Å²) in [4.78, 5) is 13.9. The van der Waals surface area contributed by atoms with Crippen LogP contribution in [0.3, 0.4) is 0 Å². The van der Waals surface area contributed by atoms with E-state index in [-0.39, 0.29) is 5.56 Å². The van der Waals surface area contributed by atoms with Gasteiger partial charge in [-0.1, -0.05) is 0 Å². The van der Waals surface area contributed by atoms with Crippen LogP contribution in [0.1, 0.15) is 11.1 Å². The maximum Gasteiger partial charge on any atom is 0.266 e. The number of aromatic nitrogens is 1. The fourth-order valence-electron chi connectivity index (χ4n) is 1.57. The standard InChI is InChI=1S/C11H7FN2O/c1-6-8-3-2-7(12)4-10(8)14-11(15)9(6)5-13/h2-4H,1H3,(H,14,15). The normalized spacial score (nSPS) is 10.2. The Kier molecular flexibility index (Phi) is 2.01. The van der Waals surface area contributed by atoms with Crippen molar-refractivity contribution >= 4 is 10.9 Å². The highest BCUT2D eigenvalue weighted by Gasteiger charge is 2.08. The van der Waals surface area contributed by atoms with E-state index in [1.807, 2.05) is 6.07 Å². The molecule has 1 heterocycles. The molecule has 0 saturated heterocycles. The van der Waals surface area contributed by atoms with Crippen LogP contribution in [-0.2, 0) is 0 Å². The third kappa shape index (κ3) is 1.38. The highest BCUT2D eigenvalue weighted by Crippen LogP contribution is 2.17. The zero-order chi connectivity index (χ0) is 11.0. The van der Waals surface area contributed by atoms with Crippen molar-refractivity contribution in [2.75, 3.05) is 0 Å². The van der Waals surface area contributed by atoms with Crippen molar-refractivity contribution in [1.82, 2.24) is 4.98 Å². The van der Waals surface area contributed by atoms with Crippen molar-refractivity contribution in [3.8, 4) is 6.07 Å². The first-order chi connectivity index (χ1) is 7.13. The Labute approximate surface area is 84.8 Å². The Morgan fingerprint density at radius 1 is 1.47 bits per heavy atom. The fraction of sp³-hybridized carbons (Fsp3) is 0.0909. The monoisotopic (exact) mass is 202 g/mol. The van der Waals surface area contributed by atoms with Crippen LogP contribution >= 0.6 is 0 Å². The van der Waals surface area contributed by atoms with E-state index in [2.05, 4.69) is 4.98 Å². The Morgan fingerprint density at radius 2 is 2.20 bits per heavy atom. The van der Waals surface area contributed by atoms with Gasteiger partial charge in [-0.2, -0.15) is 5.26 Å². The molecular weight excluding hydrogens is 195 g/mol. The predicted octanol–water partition coefficient (Wildman–Crippen LogP) is 1.85. The first-order valence-electron chi connectivity index (χ1n) is 4.35. The van der Waals surface area contributed by atoms with Gasteiger partial charge in [0, 0.05) is 5.39 Å². The number of aryl methyl sites for hydroxylation is 1. The Balaban J connectivity index is 2.99. The van der Waals surface area contributed by atoms with E-state index >= 15 is 0 Å². The molecule has 4 heteroatoms. The van der Waals surface area contributed by atoms with Gasteiger partial charge in [0.05, 0.1) is 5.52 Å². The third-order valence-corrected chi connectivity index (χ3v) is 2.35. The first kappa shape index (κ1) is 9.41. The molecule has 0 saturated carbocycles. The lowest BCUT2D eigenvalue weighted by molar-refractivity contribution is 0.629. The second-order valence-electron chi connectivity index (χ2n) is 3.26. The van der Waals surface area contributed by atoms with Crippen molar-refractivity contribution < 1.29 is 4.39 Å². The molecule has 0 spiro atoms. The molecule has 1 N–H and O–H groups in total. The summed E-state index contributed by atoms with van der Waals surface area (Å²) < 4.78 is 12.9. The molecule has 0 bridgehead atoms. The molecule has 3 nitrogen and oxygen atoms in total. The van der Waals surface area contributed by atoms with Gasteiger partial charge >= 0.3 is 0 Å². The fourth-order valence-corrected chi connectivity index (χ4v) is 1.57. The lowest BCUT2D eigenvalue weighted by Gasteiger charge is -2.03. The number of hydrogen-bond donors (Lipinski definition) is 1. The number of nitriles is 1. The van der Waals surface area contributed by atoms with Gasteiger partial charge in [-0.05, 0) is 30.7 Å². The van der Waals surface area contributed by atoms with E-state index in [4.69, 9.17) is 5.26 Å². The van der Waals surface area contributed by atoms with E-state index in [0.717, 1.165) is 0 Å². The van der Waals surface area contributed by atoms with Gasteiger partial charge in [-0.15, -0.1) is 0 Å². The second kappa shape index (κ2) is 3.21. The molecule has 0 atom stereocenters. The van der Waals surface area contributed by atoms with Gasteiger partial charge in [0.2, 0.25) is 0 Å². The number of hydrogen-bond acceptors (Lipinski definition) is 2. The van der Waals surface area contributed by atoms with E-state index in [0.29, 0.717) is 16.5 Å². The molecule has 15 heavy (non-hydrogen) atoms. The van der Waals surface area contributed by atoms with Crippen LogP contribution in [0.25, 0.3) is 10.9 Å². The van der Waals surface area contributed by atoms with Crippen molar-refractivity contribution in [2.45, 2.75) is 6.92 Å². The minimum absolute atomic E-state index is 0.0779. The van der Waals surface area contributed by atoms with Crippen LogP contribution in [0.4, 0.5) is 4.39 Å². The smallest absolute Gasteiger partial charge is 0.266 e. The van der Waals surface area contributed by atoms with Gasteiger partial charge in [-0.25, -0.2) is 4.39 Å². The second-order valence-corrected chi connectivity index (χ2v) is 3.26. The number of halogens is 1. The average molecular weight is 202 g/mol. The Hall–Kier alpha value is -2.15. The maximum atomic E-state index is 12.9. The SMILES string of the molecule is Cc1c(C#N)c(=O)[nH]c2cc(F)ccc12.